The fourth-order valence-corrected chi connectivity index (χ4v) is 4.00. The van der Waals surface area contributed by atoms with E-state index >= 15 is 4.39 Å². The summed E-state index contributed by atoms with van der Waals surface area (Å²) in [6.45, 7) is 2.14. The topological polar surface area (TPSA) is 0 Å². The van der Waals surface area contributed by atoms with E-state index in [1.807, 2.05) is 18.2 Å². The van der Waals surface area contributed by atoms with Crippen molar-refractivity contribution in [3.63, 3.8) is 0 Å². The number of aryl methyl sites for hydroxylation is 5. The SMILES string of the molecule is CCc1ccc(CCc2ccc3c(F)c(CCc4cc(F)c(F)c(F)c4)ccc3c2)cc1. The van der Waals surface area contributed by atoms with Gasteiger partial charge in [0.15, 0.2) is 17.5 Å². The number of rotatable bonds is 7. The summed E-state index contributed by atoms with van der Waals surface area (Å²) in [5.74, 6) is -4.27. The molecule has 0 aliphatic heterocycles. The van der Waals surface area contributed by atoms with Crippen LogP contribution in [-0.2, 0) is 32.1 Å². The molecule has 0 heterocycles. The molecular weight excluding hydrogens is 412 g/mol. The fraction of sp³-hybridized carbons (Fsp3) is 0.214. The van der Waals surface area contributed by atoms with Crippen LogP contribution in [0, 0.1) is 23.3 Å². The van der Waals surface area contributed by atoms with E-state index in [9.17, 15) is 13.2 Å². The first-order valence-corrected chi connectivity index (χ1v) is 10.9. The summed E-state index contributed by atoms with van der Waals surface area (Å²) in [5.41, 5.74) is 4.49. The molecule has 0 unspecified atom stereocenters. The molecule has 4 aromatic carbocycles. The Balaban J connectivity index is 1.46. The third kappa shape index (κ3) is 4.85. The lowest BCUT2D eigenvalue weighted by atomic mass is 9.97. The second kappa shape index (κ2) is 9.56. The van der Waals surface area contributed by atoms with Crippen LogP contribution in [-0.4, -0.2) is 0 Å². The molecule has 0 bridgehead atoms. The van der Waals surface area contributed by atoms with Gasteiger partial charge in [-0.25, -0.2) is 17.6 Å². The molecule has 0 saturated heterocycles. The predicted octanol–water partition coefficient (Wildman–Crippen LogP) is 7.53. The summed E-state index contributed by atoms with van der Waals surface area (Å²) in [6.07, 6.45) is 3.29. The largest absolute Gasteiger partial charge is 0.206 e. The van der Waals surface area contributed by atoms with E-state index < -0.39 is 17.5 Å². The molecule has 4 aromatic rings. The predicted molar refractivity (Wildman–Crippen MR) is 121 cm³/mol. The van der Waals surface area contributed by atoms with Gasteiger partial charge < -0.3 is 0 Å². The van der Waals surface area contributed by atoms with E-state index in [0.29, 0.717) is 16.5 Å². The van der Waals surface area contributed by atoms with Crippen molar-refractivity contribution in [3.05, 3.63) is 118 Å². The van der Waals surface area contributed by atoms with Crippen molar-refractivity contribution >= 4 is 10.8 Å². The lowest BCUT2D eigenvalue weighted by Crippen LogP contribution is -1.99. The molecule has 0 nitrogen and oxygen atoms in total. The first-order chi connectivity index (χ1) is 15.4. The van der Waals surface area contributed by atoms with E-state index in [0.717, 1.165) is 42.3 Å². The lowest BCUT2D eigenvalue weighted by Gasteiger charge is -2.10. The summed E-state index contributed by atoms with van der Waals surface area (Å²) < 4.78 is 55.0. The van der Waals surface area contributed by atoms with Crippen LogP contribution in [0.5, 0.6) is 0 Å². The Morgan fingerprint density at radius 1 is 0.531 bits per heavy atom. The van der Waals surface area contributed by atoms with Crippen LogP contribution in [0.15, 0.2) is 66.7 Å². The van der Waals surface area contributed by atoms with Crippen molar-refractivity contribution in [1.29, 1.82) is 0 Å². The highest BCUT2D eigenvalue weighted by molar-refractivity contribution is 5.84. The lowest BCUT2D eigenvalue weighted by molar-refractivity contribution is 0.445. The Labute approximate surface area is 185 Å². The van der Waals surface area contributed by atoms with Gasteiger partial charge in [-0.3, -0.25) is 0 Å². The molecule has 0 saturated carbocycles. The Morgan fingerprint density at radius 3 is 1.81 bits per heavy atom. The van der Waals surface area contributed by atoms with Gasteiger partial charge in [-0.15, -0.1) is 0 Å². The maximum Gasteiger partial charge on any atom is 0.194 e. The number of fused-ring (bicyclic) bond motifs is 1. The minimum Gasteiger partial charge on any atom is -0.206 e. The van der Waals surface area contributed by atoms with Crippen LogP contribution in [0.4, 0.5) is 17.6 Å². The number of halogens is 4. The molecule has 0 amide bonds. The van der Waals surface area contributed by atoms with Crippen molar-refractivity contribution in [2.45, 2.75) is 39.0 Å². The smallest absolute Gasteiger partial charge is 0.194 e. The van der Waals surface area contributed by atoms with Crippen molar-refractivity contribution in [1.82, 2.24) is 0 Å². The molecular formula is C28H24F4. The highest BCUT2D eigenvalue weighted by Gasteiger charge is 2.12. The molecule has 0 atom stereocenters. The summed E-state index contributed by atoms with van der Waals surface area (Å²) in [7, 11) is 0. The molecule has 4 rings (SSSR count). The maximum atomic E-state index is 15.0. The van der Waals surface area contributed by atoms with Crippen LogP contribution in [0.3, 0.4) is 0 Å². The van der Waals surface area contributed by atoms with Gasteiger partial charge in [-0.05, 0) is 77.4 Å². The minimum absolute atomic E-state index is 0.214. The van der Waals surface area contributed by atoms with Crippen molar-refractivity contribution in [2.75, 3.05) is 0 Å². The normalized spacial score (nSPS) is 11.3. The molecule has 0 spiro atoms. The molecule has 0 fully saturated rings. The molecule has 4 heteroatoms. The van der Waals surface area contributed by atoms with Gasteiger partial charge >= 0.3 is 0 Å². The molecule has 0 aromatic heterocycles. The highest BCUT2D eigenvalue weighted by Crippen LogP contribution is 2.25. The Kier molecular flexibility index (Phi) is 6.59. The summed E-state index contributed by atoms with van der Waals surface area (Å²) in [4.78, 5) is 0. The average Bonchev–Trinajstić information content (AvgIpc) is 2.81. The zero-order chi connectivity index (χ0) is 22.7. The first kappa shape index (κ1) is 22.1. The highest BCUT2D eigenvalue weighted by atomic mass is 19.2. The first-order valence-electron chi connectivity index (χ1n) is 10.9. The van der Waals surface area contributed by atoms with Gasteiger partial charge in [0.1, 0.15) is 5.82 Å². The zero-order valence-electron chi connectivity index (χ0n) is 17.9. The Bertz CT molecular complexity index is 1220. The van der Waals surface area contributed by atoms with Crippen LogP contribution < -0.4 is 0 Å². The second-order valence-corrected chi connectivity index (χ2v) is 8.14. The van der Waals surface area contributed by atoms with E-state index in [2.05, 4.69) is 31.2 Å². The minimum atomic E-state index is -1.49. The van der Waals surface area contributed by atoms with Crippen molar-refractivity contribution < 1.29 is 17.6 Å². The molecule has 0 radical (unpaired) electrons. The molecule has 0 aliphatic carbocycles. The van der Waals surface area contributed by atoms with Gasteiger partial charge in [0.25, 0.3) is 0 Å². The second-order valence-electron chi connectivity index (χ2n) is 8.14. The van der Waals surface area contributed by atoms with E-state index in [1.165, 1.54) is 11.1 Å². The zero-order valence-corrected chi connectivity index (χ0v) is 17.9. The maximum absolute atomic E-state index is 15.0. The number of hydrogen-bond acceptors (Lipinski definition) is 0. The fourth-order valence-electron chi connectivity index (χ4n) is 4.00. The van der Waals surface area contributed by atoms with E-state index in [-0.39, 0.29) is 18.7 Å². The summed E-state index contributed by atoms with van der Waals surface area (Å²) >= 11 is 0. The molecule has 0 N–H and O–H groups in total. The third-order valence-corrected chi connectivity index (χ3v) is 5.96. The van der Waals surface area contributed by atoms with Crippen LogP contribution >= 0.6 is 0 Å². The van der Waals surface area contributed by atoms with Gasteiger partial charge in [0.05, 0.1) is 0 Å². The Morgan fingerprint density at radius 2 is 1.12 bits per heavy atom. The number of benzene rings is 4. The molecule has 32 heavy (non-hydrogen) atoms. The van der Waals surface area contributed by atoms with Crippen molar-refractivity contribution in [2.24, 2.45) is 0 Å². The summed E-state index contributed by atoms with van der Waals surface area (Å²) in [6, 6.07) is 19.9. The van der Waals surface area contributed by atoms with Crippen LogP contribution in [0.2, 0.25) is 0 Å². The van der Waals surface area contributed by atoms with E-state index in [4.69, 9.17) is 0 Å². The number of hydrogen-bond donors (Lipinski definition) is 0. The van der Waals surface area contributed by atoms with Gasteiger partial charge in [0, 0.05) is 5.39 Å². The van der Waals surface area contributed by atoms with Crippen LogP contribution in [0.1, 0.15) is 34.7 Å². The van der Waals surface area contributed by atoms with E-state index in [1.54, 1.807) is 12.1 Å². The van der Waals surface area contributed by atoms with Gasteiger partial charge in [-0.2, -0.15) is 0 Å². The monoisotopic (exact) mass is 436 g/mol. The quantitative estimate of drug-likeness (QED) is 0.207. The molecule has 164 valence electrons. The Hall–Kier alpha value is -3.14. The molecule has 0 aliphatic rings. The van der Waals surface area contributed by atoms with Gasteiger partial charge in [0.2, 0.25) is 0 Å². The average molecular weight is 436 g/mol. The van der Waals surface area contributed by atoms with Crippen molar-refractivity contribution in [3.8, 4) is 0 Å². The summed E-state index contributed by atoms with van der Waals surface area (Å²) in [5, 5.41) is 1.35. The van der Waals surface area contributed by atoms with Gasteiger partial charge in [-0.1, -0.05) is 61.5 Å². The van der Waals surface area contributed by atoms with Crippen LogP contribution in [0.25, 0.3) is 10.8 Å². The standard InChI is InChI=1S/C28H24F4/c1-2-18-3-5-19(6-4-18)7-8-20-10-14-24-23(15-20)13-12-22(27(24)31)11-9-21-16-25(29)28(32)26(30)17-21/h3-6,10,12-17H,2,7-9,11H2,1H3. The third-order valence-electron chi connectivity index (χ3n) is 5.96.